The van der Waals surface area contributed by atoms with Gasteiger partial charge in [-0.1, -0.05) is 0 Å². The van der Waals surface area contributed by atoms with Crippen LogP contribution in [0.25, 0.3) is 0 Å². The molecular weight excluding hydrogens is 279 g/mol. The summed E-state index contributed by atoms with van der Waals surface area (Å²) in [7, 11) is 0. The lowest BCUT2D eigenvalue weighted by molar-refractivity contribution is 0.606. The molecule has 0 saturated carbocycles. The van der Waals surface area contributed by atoms with Crippen molar-refractivity contribution in [2.75, 3.05) is 16.8 Å². The molecule has 0 amide bonds. The maximum Gasteiger partial charge on any atom is 0.166 e. The largest absolute Gasteiger partial charge is 0.365 e. The smallest absolute Gasteiger partial charge is 0.166 e. The van der Waals surface area contributed by atoms with Crippen LogP contribution in [0.5, 0.6) is 0 Å². The fourth-order valence-corrected chi connectivity index (χ4v) is 2.97. The van der Waals surface area contributed by atoms with Gasteiger partial charge in [0.05, 0.1) is 0 Å². The highest BCUT2D eigenvalue weighted by atomic mass is 79.9. The Morgan fingerprint density at radius 3 is 2.87 bits per heavy atom. The minimum absolute atomic E-state index is 0.289. The summed E-state index contributed by atoms with van der Waals surface area (Å²) in [5.41, 5.74) is 0. The second-order valence-corrected chi connectivity index (χ2v) is 5.66. The van der Waals surface area contributed by atoms with Crippen LogP contribution in [0.1, 0.15) is 12.8 Å². The summed E-state index contributed by atoms with van der Waals surface area (Å²) in [5.74, 6) is 2.38. The Labute approximate surface area is 101 Å². The van der Waals surface area contributed by atoms with Crippen LogP contribution in [0.2, 0.25) is 0 Å². The predicted octanol–water partition coefficient (Wildman–Crippen LogP) is 3.29. The molecule has 2 heterocycles. The van der Waals surface area contributed by atoms with Crippen molar-refractivity contribution in [3.8, 4) is 0 Å². The third-order valence-corrected chi connectivity index (χ3v) is 3.85. The number of thioether (sulfide) groups is 1. The highest BCUT2D eigenvalue weighted by Crippen LogP contribution is 2.22. The summed E-state index contributed by atoms with van der Waals surface area (Å²) in [6.45, 7) is 0. The van der Waals surface area contributed by atoms with E-state index in [2.05, 4.69) is 26.2 Å². The summed E-state index contributed by atoms with van der Waals surface area (Å²) >= 11 is 5.14. The van der Waals surface area contributed by atoms with Crippen LogP contribution in [-0.4, -0.2) is 22.5 Å². The van der Waals surface area contributed by atoms with Crippen LogP contribution in [0, 0.1) is 5.82 Å². The average Bonchev–Trinajstić information content (AvgIpc) is 2.24. The Kier molecular flexibility index (Phi) is 3.86. The van der Waals surface area contributed by atoms with Gasteiger partial charge in [-0.2, -0.15) is 11.8 Å². The number of rotatable bonds is 2. The molecule has 1 N–H and O–H groups in total. The van der Waals surface area contributed by atoms with E-state index < -0.39 is 0 Å². The van der Waals surface area contributed by atoms with Crippen LogP contribution < -0.4 is 5.32 Å². The van der Waals surface area contributed by atoms with Gasteiger partial charge in [0.15, 0.2) is 11.6 Å². The van der Waals surface area contributed by atoms with E-state index in [1.54, 1.807) is 6.20 Å². The second kappa shape index (κ2) is 5.16. The molecule has 15 heavy (non-hydrogen) atoms. The van der Waals surface area contributed by atoms with E-state index in [-0.39, 0.29) is 5.82 Å². The Morgan fingerprint density at radius 2 is 2.20 bits per heavy atom. The first-order chi connectivity index (χ1) is 7.25. The molecule has 5 heteroatoms. The monoisotopic (exact) mass is 290 g/mol. The number of nitrogens with one attached hydrogen (secondary N) is 1. The molecular formula is C10H12BrFN2S. The minimum atomic E-state index is -0.289. The van der Waals surface area contributed by atoms with Crippen molar-refractivity contribution < 1.29 is 4.39 Å². The van der Waals surface area contributed by atoms with E-state index in [0.717, 1.165) is 24.3 Å². The first-order valence-corrected chi connectivity index (χ1v) is 6.86. The SMILES string of the molecule is Fc1cc(Br)cnc1NC1CCSCC1. The molecule has 0 atom stereocenters. The summed E-state index contributed by atoms with van der Waals surface area (Å²) in [6.07, 6.45) is 3.78. The van der Waals surface area contributed by atoms with Crippen molar-refractivity contribution in [2.24, 2.45) is 0 Å². The van der Waals surface area contributed by atoms with Gasteiger partial charge < -0.3 is 5.32 Å². The summed E-state index contributed by atoms with van der Waals surface area (Å²) in [5, 5.41) is 3.16. The van der Waals surface area contributed by atoms with Gasteiger partial charge in [0, 0.05) is 16.7 Å². The van der Waals surface area contributed by atoms with E-state index in [0.29, 0.717) is 16.3 Å². The third-order valence-electron chi connectivity index (χ3n) is 2.37. The molecule has 0 aliphatic carbocycles. The van der Waals surface area contributed by atoms with Gasteiger partial charge >= 0.3 is 0 Å². The van der Waals surface area contributed by atoms with Crippen LogP contribution >= 0.6 is 27.7 Å². The molecule has 2 rings (SSSR count). The van der Waals surface area contributed by atoms with Gasteiger partial charge in [0.2, 0.25) is 0 Å². The zero-order valence-electron chi connectivity index (χ0n) is 8.17. The summed E-state index contributed by atoms with van der Waals surface area (Å²) in [6, 6.07) is 1.81. The normalized spacial score (nSPS) is 17.7. The maximum absolute atomic E-state index is 13.4. The Morgan fingerprint density at radius 1 is 1.47 bits per heavy atom. The number of nitrogens with zero attached hydrogens (tertiary/aromatic N) is 1. The van der Waals surface area contributed by atoms with Crippen molar-refractivity contribution in [1.82, 2.24) is 4.98 Å². The molecule has 0 bridgehead atoms. The van der Waals surface area contributed by atoms with Crippen molar-refractivity contribution in [3.05, 3.63) is 22.6 Å². The molecule has 1 aromatic heterocycles. The highest BCUT2D eigenvalue weighted by Gasteiger charge is 2.15. The number of aromatic nitrogens is 1. The zero-order valence-corrected chi connectivity index (χ0v) is 10.6. The fourth-order valence-electron chi connectivity index (χ4n) is 1.56. The maximum atomic E-state index is 13.4. The van der Waals surface area contributed by atoms with E-state index >= 15 is 0 Å². The highest BCUT2D eigenvalue weighted by molar-refractivity contribution is 9.10. The van der Waals surface area contributed by atoms with E-state index in [4.69, 9.17) is 0 Å². The van der Waals surface area contributed by atoms with Crippen LogP contribution in [0.4, 0.5) is 10.2 Å². The molecule has 1 fully saturated rings. The lowest BCUT2D eigenvalue weighted by atomic mass is 10.1. The molecule has 0 aromatic carbocycles. The first-order valence-electron chi connectivity index (χ1n) is 4.91. The molecule has 0 unspecified atom stereocenters. The lowest BCUT2D eigenvalue weighted by Crippen LogP contribution is -2.25. The van der Waals surface area contributed by atoms with Gasteiger partial charge in [0.1, 0.15) is 0 Å². The van der Waals surface area contributed by atoms with Gasteiger partial charge in [-0.25, -0.2) is 9.37 Å². The minimum Gasteiger partial charge on any atom is -0.365 e. The predicted molar refractivity (Wildman–Crippen MR) is 65.9 cm³/mol. The van der Waals surface area contributed by atoms with Gasteiger partial charge in [0.25, 0.3) is 0 Å². The molecule has 1 aliphatic rings. The third kappa shape index (κ3) is 3.08. The average molecular weight is 291 g/mol. The quantitative estimate of drug-likeness (QED) is 0.905. The fraction of sp³-hybridized carbons (Fsp3) is 0.500. The summed E-state index contributed by atoms with van der Waals surface area (Å²) in [4.78, 5) is 4.03. The van der Waals surface area contributed by atoms with Crippen molar-refractivity contribution in [3.63, 3.8) is 0 Å². The number of anilines is 1. The second-order valence-electron chi connectivity index (χ2n) is 3.51. The number of hydrogen-bond acceptors (Lipinski definition) is 3. The van der Waals surface area contributed by atoms with Crippen LogP contribution in [-0.2, 0) is 0 Å². The van der Waals surface area contributed by atoms with Crippen molar-refractivity contribution >= 4 is 33.5 Å². The Hall–Kier alpha value is -0.290. The van der Waals surface area contributed by atoms with Crippen LogP contribution in [0.3, 0.4) is 0 Å². The number of pyridine rings is 1. The van der Waals surface area contributed by atoms with Crippen molar-refractivity contribution in [2.45, 2.75) is 18.9 Å². The van der Waals surface area contributed by atoms with Crippen molar-refractivity contribution in [1.29, 1.82) is 0 Å². The molecule has 1 aromatic rings. The van der Waals surface area contributed by atoms with Gasteiger partial charge in [-0.15, -0.1) is 0 Å². The number of hydrogen-bond donors (Lipinski definition) is 1. The molecule has 2 nitrogen and oxygen atoms in total. The van der Waals surface area contributed by atoms with Crippen LogP contribution in [0.15, 0.2) is 16.7 Å². The first kappa shape index (κ1) is 11.2. The molecule has 0 radical (unpaired) electrons. The van der Waals surface area contributed by atoms with E-state index in [1.807, 2.05) is 11.8 Å². The van der Waals surface area contributed by atoms with E-state index in [1.165, 1.54) is 6.07 Å². The summed E-state index contributed by atoms with van der Waals surface area (Å²) < 4.78 is 14.1. The number of halogens is 2. The Balaban J connectivity index is 2.03. The van der Waals surface area contributed by atoms with E-state index in [9.17, 15) is 4.39 Å². The van der Waals surface area contributed by atoms with Gasteiger partial charge in [-0.05, 0) is 46.3 Å². The topological polar surface area (TPSA) is 24.9 Å². The lowest BCUT2D eigenvalue weighted by Gasteiger charge is -2.23. The molecule has 0 spiro atoms. The van der Waals surface area contributed by atoms with Gasteiger partial charge in [-0.3, -0.25) is 0 Å². The Bertz CT molecular complexity index is 342. The molecule has 1 aliphatic heterocycles. The molecule has 1 saturated heterocycles. The standard InChI is InChI=1S/C10H12BrFN2S/c11-7-5-9(12)10(13-6-7)14-8-1-3-15-4-2-8/h5-6,8H,1-4H2,(H,13,14). The molecule has 82 valence electrons. The zero-order chi connectivity index (χ0) is 10.7.